The third-order valence-electron chi connectivity index (χ3n) is 9.25. The molecule has 1 amide bonds. The molecule has 1 heterocycles. The second kappa shape index (κ2) is 13.6. The molecule has 2 unspecified atom stereocenters. The largest absolute Gasteiger partial charge is 0.404 e. The number of hydrogen-bond donors (Lipinski definition) is 1. The van der Waals surface area contributed by atoms with Crippen LogP contribution in [0.1, 0.15) is 68.7 Å². The highest BCUT2D eigenvalue weighted by Gasteiger charge is 2.52. The number of rotatable bonds is 8. The minimum Gasteiger partial charge on any atom is -0.404 e. The van der Waals surface area contributed by atoms with E-state index in [9.17, 15) is 9.18 Å². The van der Waals surface area contributed by atoms with Gasteiger partial charge in [0.25, 0.3) is 14.2 Å². The molecular formula is C38H37Cl2F2N3O2Si. The highest BCUT2D eigenvalue weighted by Crippen LogP contribution is 2.44. The van der Waals surface area contributed by atoms with Crippen LogP contribution in [0.3, 0.4) is 0 Å². The van der Waals surface area contributed by atoms with Crippen LogP contribution in [0.15, 0.2) is 97.1 Å². The lowest BCUT2D eigenvalue weighted by atomic mass is 9.86. The van der Waals surface area contributed by atoms with E-state index in [2.05, 4.69) is 69.3 Å². The van der Waals surface area contributed by atoms with Crippen molar-refractivity contribution in [3.8, 4) is 16.9 Å². The molecule has 1 saturated carbocycles. The van der Waals surface area contributed by atoms with Crippen molar-refractivity contribution in [2.75, 3.05) is 0 Å². The maximum atomic E-state index is 15.9. The van der Waals surface area contributed by atoms with Gasteiger partial charge in [0.2, 0.25) is 0 Å². The van der Waals surface area contributed by atoms with E-state index in [0.717, 1.165) is 19.3 Å². The number of nitrogens with zero attached hydrogens (tertiary/aromatic N) is 2. The fourth-order valence-corrected chi connectivity index (χ4v) is 12.2. The Bertz CT molecular complexity index is 1910. The van der Waals surface area contributed by atoms with Crippen LogP contribution in [0.25, 0.3) is 16.9 Å². The summed E-state index contributed by atoms with van der Waals surface area (Å²) in [4.78, 5) is 17.8. The number of halogens is 4. The zero-order valence-electron chi connectivity index (χ0n) is 27.0. The summed E-state index contributed by atoms with van der Waals surface area (Å²) in [6.45, 7) is 6.73. The van der Waals surface area contributed by atoms with Gasteiger partial charge in [0.15, 0.2) is 11.5 Å². The molecule has 2 atom stereocenters. The van der Waals surface area contributed by atoms with E-state index in [1.165, 1.54) is 34.6 Å². The summed E-state index contributed by atoms with van der Waals surface area (Å²) in [5.41, 5.74) is 6.52. The third-order valence-corrected chi connectivity index (χ3v) is 14.9. The van der Waals surface area contributed by atoms with Gasteiger partial charge in [-0.3, -0.25) is 9.36 Å². The monoisotopic (exact) mass is 703 g/mol. The number of aromatic nitrogens is 2. The highest BCUT2D eigenvalue weighted by atomic mass is 35.5. The number of amides is 1. The van der Waals surface area contributed by atoms with E-state index in [-0.39, 0.29) is 44.2 Å². The Morgan fingerprint density at radius 3 is 2.12 bits per heavy atom. The third kappa shape index (κ3) is 6.23. The molecule has 0 spiro atoms. The molecular weight excluding hydrogens is 667 g/mol. The topological polar surface area (TPSA) is 70.1 Å². The fraction of sp³-hybridized carbons (Fsp3) is 0.263. The van der Waals surface area contributed by atoms with Gasteiger partial charge in [-0.15, -0.1) is 0 Å². The molecule has 0 saturated heterocycles. The first-order valence-corrected chi connectivity index (χ1v) is 18.7. The summed E-state index contributed by atoms with van der Waals surface area (Å²) in [5.74, 6) is -1.89. The quantitative estimate of drug-likeness (QED) is 0.164. The lowest BCUT2D eigenvalue weighted by Crippen LogP contribution is -2.67. The Hall–Kier alpha value is -3.82. The maximum absolute atomic E-state index is 15.9. The van der Waals surface area contributed by atoms with Gasteiger partial charge < -0.3 is 10.2 Å². The van der Waals surface area contributed by atoms with Gasteiger partial charge in [0, 0.05) is 17.6 Å². The Kier molecular flexibility index (Phi) is 9.64. The van der Waals surface area contributed by atoms with Gasteiger partial charge in [-0.2, -0.15) is 0 Å². The van der Waals surface area contributed by atoms with Gasteiger partial charge in [0.1, 0.15) is 11.6 Å². The Morgan fingerprint density at radius 2 is 1.54 bits per heavy atom. The van der Waals surface area contributed by atoms with Gasteiger partial charge in [0.05, 0.1) is 21.4 Å². The molecule has 1 aliphatic rings. The van der Waals surface area contributed by atoms with Crippen molar-refractivity contribution in [2.45, 2.75) is 63.5 Å². The second-order valence-electron chi connectivity index (χ2n) is 13.3. The number of imidazole rings is 1. The standard InChI is InChI=1S/C38H37Cl2F2N3O2Si/c1-38(2,3)48(27-14-6-4-7-15-27,28-16-8-5-9-17-28)47-26-13-10-12-25(22-26)37-44-34(36(43)46)35(24-20-21-31(41)30(40)23-24)45(37)32-19-11-18-29(39)33(32)42/h4-9,11,14-21,23,25-26H,10,12-13,22H2,1-3H3,(H2,43,46). The molecule has 0 aliphatic heterocycles. The van der Waals surface area contributed by atoms with Gasteiger partial charge in [-0.25, -0.2) is 13.8 Å². The van der Waals surface area contributed by atoms with E-state index in [0.29, 0.717) is 17.8 Å². The first-order chi connectivity index (χ1) is 22.9. The maximum Gasteiger partial charge on any atom is 0.269 e. The van der Waals surface area contributed by atoms with Crippen LogP contribution in [-0.4, -0.2) is 29.9 Å². The van der Waals surface area contributed by atoms with Crippen molar-refractivity contribution in [1.82, 2.24) is 9.55 Å². The minimum atomic E-state index is -2.88. The van der Waals surface area contributed by atoms with E-state index in [4.69, 9.17) is 38.3 Å². The van der Waals surface area contributed by atoms with Crippen LogP contribution in [0.5, 0.6) is 0 Å². The first kappa shape index (κ1) is 34.1. The Labute approximate surface area is 290 Å². The molecule has 248 valence electrons. The van der Waals surface area contributed by atoms with Crippen LogP contribution >= 0.6 is 23.2 Å². The molecule has 6 rings (SSSR count). The highest BCUT2D eigenvalue weighted by molar-refractivity contribution is 6.99. The summed E-state index contributed by atoms with van der Waals surface area (Å²) in [6, 6.07) is 29.7. The minimum absolute atomic E-state index is 0.0675. The van der Waals surface area contributed by atoms with E-state index < -0.39 is 25.9 Å². The number of carbonyl (C=O) groups is 1. The number of hydrogen-bond acceptors (Lipinski definition) is 3. The summed E-state index contributed by atoms with van der Waals surface area (Å²) < 4.78 is 39.3. The zero-order chi connectivity index (χ0) is 34.2. The zero-order valence-corrected chi connectivity index (χ0v) is 29.5. The molecule has 1 fully saturated rings. The molecule has 2 N–H and O–H groups in total. The molecule has 0 radical (unpaired) electrons. The average molecular weight is 705 g/mol. The smallest absolute Gasteiger partial charge is 0.269 e. The molecule has 5 aromatic rings. The van der Waals surface area contributed by atoms with Gasteiger partial charge in [-0.05, 0) is 65.0 Å². The molecule has 10 heteroatoms. The lowest BCUT2D eigenvalue weighted by molar-refractivity contribution is 0.0996. The van der Waals surface area contributed by atoms with Crippen molar-refractivity contribution < 1.29 is 18.0 Å². The van der Waals surface area contributed by atoms with Crippen LogP contribution in [0.4, 0.5) is 8.78 Å². The number of benzene rings is 4. The van der Waals surface area contributed by atoms with Crippen molar-refractivity contribution in [3.05, 3.63) is 130 Å². The van der Waals surface area contributed by atoms with Crippen LogP contribution in [0.2, 0.25) is 15.1 Å². The fourth-order valence-electron chi connectivity index (χ4n) is 7.13. The van der Waals surface area contributed by atoms with E-state index in [1.807, 2.05) is 12.1 Å². The summed E-state index contributed by atoms with van der Waals surface area (Å²) in [5, 5.41) is 1.89. The van der Waals surface area contributed by atoms with Gasteiger partial charge >= 0.3 is 0 Å². The van der Waals surface area contributed by atoms with Crippen LogP contribution in [0, 0.1) is 11.6 Å². The predicted octanol–water partition coefficient (Wildman–Crippen LogP) is 8.83. The number of carbonyl (C=O) groups excluding carboxylic acids is 1. The molecule has 48 heavy (non-hydrogen) atoms. The van der Waals surface area contributed by atoms with E-state index in [1.54, 1.807) is 16.7 Å². The van der Waals surface area contributed by atoms with Gasteiger partial charge in [-0.1, -0.05) is 117 Å². The van der Waals surface area contributed by atoms with Crippen molar-refractivity contribution in [1.29, 1.82) is 0 Å². The SMILES string of the molecule is CC(C)(C)[Si](OC1CCCC(c2nc(C(N)=O)c(-c3ccc(F)c(Cl)c3)n2-c2cccc(Cl)c2F)C1)(c1ccccc1)c1ccccc1. The Balaban J connectivity index is 1.50. The van der Waals surface area contributed by atoms with Crippen molar-refractivity contribution in [3.63, 3.8) is 0 Å². The van der Waals surface area contributed by atoms with Crippen LogP contribution in [-0.2, 0) is 4.43 Å². The summed E-state index contributed by atoms with van der Waals surface area (Å²) >= 11 is 12.5. The van der Waals surface area contributed by atoms with E-state index >= 15 is 4.39 Å². The Morgan fingerprint density at radius 1 is 0.896 bits per heavy atom. The number of nitrogens with two attached hydrogens (primary N) is 1. The molecule has 1 aromatic heterocycles. The molecule has 5 nitrogen and oxygen atoms in total. The lowest BCUT2D eigenvalue weighted by Gasteiger charge is -2.46. The normalized spacial score (nSPS) is 17.0. The van der Waals surface area contributed by atoms with Crippen molar-refractivity contribution >= 4 is 47.8 Å². The molecule has 0 bridgehead atoms. The average Bonchev–Trinajstić information content (AvgIpc) is 3.47. The predicted molar refractivity (Wildman–Crippen MR) is 191 cm³/mol. The first-order valence-electron chi connectivity index (χ1n) is 16.0. The van der Waals surface area contributed by atoms with Crippen molar-refractivity contribution in [2.24, 2.45) is 5.73 Å². The molecule has 4 aromatic carbocycles. The summed E-state index contributed by atoms with van der Waals surface area (Å²) in [6.07, 6.45) is 2.79. The second-order valence-corrected chi connectivity index (χ2v) is 18.4. The van der Waals surface area contributed by atoms with Crippen LogP contribution < -0.4 is 16.1 Å². The molecule has 1 aliphatic carbocycles. The number of primary amides is 1. The summed E-state index contributed by atoms with van der Waals surface area (Å²) in [7, 11) is -2.88.